The van der Waals surface area contributed by atoms with Crippen LogP contribution >= 0.6 is 0 Å². The molecule has 0 aliphatic heterocycles. The van der Waals surface area contributed by atoms with Gasteiger partial charge in [0.05, 0.1) is 11.1 Å². The van der Waals surface area contributed by atoms with Crippen molar-refractivity contribution in [3.63, 3.8) is 0 Å². The molecule has 32 heavy (non-hydrogen) atoms. The first-order valence-electron chi connectivity index (χ1n) is 11.1. The van der Waals surface area contributed by atoms with Crippen LogP contribution in [-0.2, 0) is 22.4 Å². The summed E-state index contributed by atoms with van der Waals surface area (Å²) in [5.41, 5.74) is 3.98. The lowest BCUT2D eigenvalue weighted by molar-refractivity contribution is -0.119. The zero-order valence-corrected chi connectivity index (χ0v) is 17.8. The number of hydrogen-bond acceptors (Lipinski definition) is 4. The highest BCUT2D eigenvalue weighted by Crippen LogP contribution is 2.29. The largest absolute Gasteiger partial charge is 0.452 e. The molecular formula is C27H24N2O3. The summed E-state index contributed by atoms with van der Waals surface area (Å²) in [6, 6.07) is 21.3. The van der Waals surface area contributed by atoms with Crippen molar-refractivity contribution in [1.29, 1.82) is 0 Å². The Kier molecular flexibility index (Phi) is 5.55. The molecule has 0 saturated carbocycles. The van der Waals surface area contributed by atoms with E-state index in [-0.39, 0.29) is 12.5 Å². The van der Waals surface area contributed by atoms with Gasteiger partial charge in [0.2, 0.25) is 0 Å². The molecule has 0 bridgehead atoms. The number of carbonyl (C=O) groups is 2. The number of anilines is 1. The molecule has 0 radical (unpaired) electrons. The molecule has 160 valence electrons. The van der Waals surface area contributed by atoms with Crippen LogP contribution in [0.3, 0.4) is 0 Å². The second kappa shape index (κ2) is 8.79. The smallest absolute Gasteiger partial charge is 0.339 e. The van der Waals surface area contributed by atoms with Crippen molar-refractivity contribution in [3.8, 4) is 0 Å². The third-order valence-electron chi connectivity index (χ3n) is 5.99. The van der Waals surface area contributed by atoms with Gasteiger partial charge in [0.25, 0.3) is 5.91 Å². The predicted octanol–water partition coefficient (Wildman–Crippen LogP) is 5.45. The normalized spacial score (nSPS) is 13.4. The first kappa shape index (κ1) is 20.2. The standard InChI is InChI=1S/C27H24N2O3/c30-25(28-20-15-14-18-8-4-5-9-19(18)16-20)17-32-27(31)26-21-10-2-1-3-12-23(21)29-24-13-7-6-11-22(24)26/h4-9,11,13-16H,1-3,10,12,17H2,(H,28,30). The molecule has 0 unspecified atom stereocenters. The Labute approximate surface area is 186 Å². The molecule has 5 rings (SSSR count). The lowest BCUT2D eigenvalue weighted by Gasteiger charge is -2.15. The maximum absolute atomic E-state index is 13.1. The molecule has 1 heterocycles. The summed E-state index contributed by atoms with van der Waals surface area (Å²) < 4.78 is 5.49. The Morgan fingerprint density at radius 1 is 0.875 bits per heavy atom. The van der Waals surface area contributed by atoms with E-state index < -0.39 is 5.97 Å². The number of amides is 1. The minimum Gasteiger partial charge on any atom is -0.452 e. The number of ether oxygens (including phenoxy) is 1. The van der Waals surface area contributed by atoms with Gasteiger partial charge >= 0.3 is 5.97 Å². The van der Waals surface area contributed by atoms with Crippen LogP contribution in [0.5, 0.6) is 0 Å². The van der Waals surface area contributed by atoms with Crippen molar-refractivity contribution in [2.45, 2.75) is 32.1 Å². The summed E-state index contributed by atoms with van der Waals surface area (Å²) >= 11 is 0. The molecule has 5 nitrogen and oxygen atoms in total. The fourth-order valence-corrected chi connectivity index (χ4v) is 4.45. The third kappa shape index (κ3) is 4.06. The first-order chi connectivity index (χ1) is 15.7. The average Bonchev–Trinajstić information content (AvgIpc) is 3.06. The van der Waals surface area contributed by atoms with E-state index in [9.17, 15) is 9.59 Å². The molecule has 0 fully saturated rings. The molecule has 3 aromatic carbocycles. The van der Waals surface area contributed by atoms with Crippen LogP contribution in [-0.4, -0.2) is 23.5 Å². The Balaban J connectivity index is 1.35. The number of carbonyl (C=O) groups excluding carboxylic acids is 2. The number of aryl methyl sites for hydroxylation is 1. The maximum Gasteiger partial charge on any atom is 0.339 e. The van der Waals surface area contributed by atoms with Gasteiger partial charge in [-0.05, 0) is 60.2 Å². The molecule has 0 saturated heterocycles. The Morgan fingerprint density at radius 2 is 1.66 bits per heavy atom. The third-order valence-corrected chi connectivity index (χ3v) is 5.99. The highest BCUT2D eigenvalue weighted by atomic mass is 16.5. The number of rotatable bonds is 4. The minimum absolute atomic E-state index is 0.336. The first-order valence-corrected chi connectivity index (χ1v) is 11.1. The number of para-hydroxylation sites is 1. The van der Waals surface area contributed by atoms with E-state index in [0.29, 0.717) is 11.3 Å². The molecule has 4 aromatic rings. The minimum atomic E-state index is -0.463. The Hall–Kier alpha value is -3.73. The summed E-state index contributed by atoms with van der Waals surface area (Å²) in [5.74, 6) is -0.825. The molecule has 1 aromatic heterocycles. The number of benzene rings is 3. The number of nitrogens with one attached hydrogen (secondary N) is 1. The summed E-state index contributed by atoms with van der Waals surface area (Å²) in [4.78, 5) is 30.4. The molecule has 1 N–H and O–H groups in total. The van der Waals surface area contributed by atoms with Crippen LogP contribution in [0.4, 0.5) is 5.69 Å². The molecule has 0 atom stereocenters. The van der Waals surface area contributed by atoms with Gasteiger partial charge < -0.3 is 10.1 Å². The summed E-state index contributed by atoms with van der Waals surface area (Å²) in [6.07, 6.45) is 4.88. The van der Waals surface area contributed by atoms with E-state index >= 15 is 0 Å². The molecular weight excluding hydrogens is 400 g/mol. The van der Waals surface area contributed by atoms with Crippen molar-refractivity contribution in [2.75, 3.05) is 11.9 Å². The zero-order chi connectivity index (χ0) is 21.9. The van der Waals surface area contributed by atoms with Crippen molar-refractivity contribution < 1.29 is 14.3 Å². The quantitative estimate of drug-likeness (QED) is 0.349. The van der Waals surface area contributed by atoms with Gasteiger partial charge in [-0.1, -0.05) is 55.0 Å². The molecule has 0 spiro atoms. The fraction of sp³-hybridized carbons (Fsp3) is 0.222. The van der Waals surface area contributed by atoms with Gasteiger partial charge in [-0.2, -0.15) is 0 Å². The van der Waals surface area contributed by atoms with Crippen LogP contribution in [0.15, 0.2) is 66.7 Å². The molecule has 1 aliphatic carbocycles. The number of esters is 1. The number of nitrogens with zero attached hydrogens (tertiary/aromatic N) is 1. The highest BCUT2D eigenvalue weighted by molar-refractivity contribution is 6.06. The molecule has 1 amide bonds. The maximum atomic E-state index is 13.1. The lowest BCUT2D eigenvalue weighted by Crippen LogP contribution is -2.22. The van der Waals surface area contributed by atoms with Crippen LogP contribution in [0.2, 0.25) is 0 Å². The second-order valence-electron chi connectivity index (χ2n) is 8.18. The zero-order valence-electron chi connectivity index (χ0n) is 17.8. The number of hydrogen-bond donors (Lipinski definition) is 1. The van der Waals surface area contributed by atoms with Gasteiger partial charge in [0.1, 0.15) is 0 Å². The second-order valence-corrected chi connectivity index (χ2v) is 8.18. The van der Waals surface area contributed by atoms with E-state index in [1.54, 1.807) is 0 Å². The van der Waals surface area contributed by atoms with E-state index in [1.807, 2.05) is 66.7 Å². The predicted molar refractivity (Wildman–Crippen MR) is 126 cm³/mol. The van der Waals surface area contributed by atoms with Gasteiger partial charge in [-0.25, -0.2) is 4.79 Å². The number of fused-ring (bicyclic) bond motifs is 3. The molecule has 1 aliphatic rings. The van der Waals surface area contributed by atoms with Crippen molar-refractivity contribution >= 4 is 39.2 Å². The molecule has 5 heteroatoms. The van der Waals surface area contributed by atoms with Gasteiger partial charge in [-0.3, -0.25) is 9.78 Å². The topological polar surface area (TPSA) is 68.3 Å². The summed E-state index contributed by atoms with van der Waals surface area (Å²) in [7, 11) is 0. The van der Waals surface area contributed by atoms with Crippen molar-refractivity contribution in [3.05, 3.63) is 83.6 Å². The summed E-state index contributed by atoms with van der Waals surface area (Å²) in [5, 5.41) is 5.74. The van der Waals surface area contributed by atoms with Gasteiger partial charge in [0, 0.05) is 16.8 Å². The van der Waals surface area contributed by atoms with Crippen LogP contribution in [0.1, 0.15) is 40.9 Å². The Morgan fingerprint density at radius 3 is 2.56 bits per heavy atom. The highest BCUT2D eigenvalue weighted by Gasteiger charge is 2.23. The monoisotopic (exact) mass is 424 g/mol. The Bertz CT molecular complexity index is 1330. The van der Waals surface area contributed by atoms with E-state index in [0.717, 1.165) is 65.0 Å². The van der Waals surface area contributed by atoms with E-state index in [2.05, 4.69) is 5.32 Å². The SMILES string of the molecule is O=C(COC(=O)c1c2c(nc3ccccc13)CCCCC2)Nc1ccc2ccccc2c1. The average molecular weight is 425 g/mol. The number of pyridine rings is 1. The summed E-state index contributed by atoms with van der Waals surface area (Å²) in [6.45, 7) is -0.336. The van der Waals surface area contributed by atoms with Crippen LogP contribution < -0.4 is 5.32 Å². The van der Waals surface area contributed by atoms with Crippen LogP contribution in [0, 0.1) is 0 Å². The van der Waals surface area contributed by atoms with Crippen LogP contribution in [0.25, 0.3) is 21.7 Å². The van der Waals surface area contributed by atoms with E-state index in [1.165, 1.54) is 0 Å². The van der Waals surface area contributed by atoms with Crippen molar-refractivity contribution in [1.82, 2.24) is 4.98 Å². The van der Waals surface area contributed by atoms with Gasteiger partial charge in [0.15, 0.2) is 6.61 Å². The fourth-order valence-electron chi connectivity index (χ4n) is 4.45. The number of aromatic nitrogens is 1. The van der Waals surface area contributed by atoms with E-state index in [4.69, 9.17) is 9.72 Å². The van der Waals surface area contributed by atoms with Crippen molar-refractivity contribution in [2.24, 2.45) is 0 Å². The lowest BCUT2D eigenvalue weighted by atomic mass is 9.97. The van der Waals surface area contributed by atoms with Gasteiger partial charge in [-0.15, -0.1) is 0 Å².